The van der Waals surface area contributed by atoms with Gasteiger partial charge in [0.15, 0.2) is 5.82 Å². The molecule has 3 aromatic heterocycles. The van der Waals surface area contributed by atoms with Crippen LogP contribution in [0.5, 0.6) is 0 Å². The SMILES string of the molecule is Cc1nc2ccc(C(=O)NCC3CN(c4ccc(-c5ccncc5)nn4)C3)cc2[nH]1. The largest absolute Gasteiger partial charge is 0.354 e. The second-order valence-electron chi connectivity index (χ2n) is 7.55. The molecule has 2 N–H and O–H groups in total. The van der Waals surface area contributed by atoms with Crippen LogP contribution < -0.4 is 10.2 Å². The third-order valence-corrected chi connectivity index (χ3v) is 5.32. The van der Waals surface area contributed by atoms with E-state index in [1.807, 2.05) is 49.4 Å². The molecular formula is C22H21N7O. The van der Waals surface area contributed by atoms with Crippen LogP contribution in [0.2, 0.25) is 0 Å². The van der Waals surface area contributed by atoms with Crippen molar-refractivity contribution in [2.45, 2.75) is 6.92 Å². The molecule has 1 amide bonds. The van der Waals surface area contributed by atoms with E-state index in [2.05, 4.69) is 35.4 Å². The molecule has 30 heavy (non-hydrogen) atoms. The van der Waals surface area contributed by atoms with Crippen LogP contribution in [0, 0.1) is 12.8 Å². The lowest BCUT2D eigenvalue weighted by molar-refractivity contribution is 0.0944. The molecule has 1 aliphatic heterocycles. The van der Waals surface area contributed by atoms with Gasteiger partial charge >= 0.3 is 0 Å². The Labute approximate surface area is 173 Å². The monoisotopic (exact) mass is 399 g/mol. The van der Waals surface area contributed by atoms with E-state index in [4.69, 9.17) is 0 Å². The summed E-state index contributed by atoms with van der Waals surface area (Å²) >= 11 is 0. The van der Waals surface area contributed by atoms with Gasteiger partial charge in [0.2, 0.25) is 0 Å². The molecule has 0 saturated carbocycles. The van der Waals surface area contributed by atoms with E-state index >= 15 is 0 Å². The van der Waals surface area contributed by atoms with Gasteiger partial charge in [0.1, 0.15) is 5.82 Å². The van der Waals surface area contributed by atoms with Gasteiger partial charge in [0.25, 0.3) is 5.91 Å². The molecule has 1 saturated heterocycles. The highest BCUT2D eigenvalue weighted by atomic mass is 16.1. The number of rotatable bonds is 5. The summed E-state index contributed by atoms with van der Waals surface area (Å²) in [6, 6.07) is 13.3. The summed E-state index contributed by atoms with van der Waals surface area (Å²) in [6.07, 6.45) is 3.49. The zero-order valence-corrected chi connectivity index (χ0v) is 16.5. The van der Waals surface area contributed by atoms with Gasteiger partial charge in [-0.1, -0.05) is 0 Å². The quantitative estimate of drug-likeness (QED) is 0.535. The molecule has 1 fully saturated rings. The van der Waals surface area contributed by atoms with Crippen LogP contribution in [-0.4, -0.2) is 50.7 Å². The summed E-state index contributed by atoms with van der Waals surface area (Å²) in [7, 11) is 0. The second-order valence-corrected chi connectivity index (χ2v) is 7.55. The van der Waals surface area contributed by atoms with Gasteiger partial charge in [0.05, 0.1) is 16.7 Å². The Balaban J connectivity index is 1.14. The van der Waals surface area contributed by atoms with Crippen LogP contribution in [0.4, 0.5) is 5.82 Å². The number of fused-ring (bicyclic) bond motifs is 1. The number of imidazole rings is 1. The van der Waals surface area contributed by atoms with Crippen molar-refractivity contribution in [2.75, 3.05) is 24.5 Å². The minimum atomic E-state index is -0.0656. The lowest BCUT2D eigenvalue weighted by Gasteiger charge is -2.39. The standard InChI is InChI=1S/C22H21N7O/c1-14-25-19-3-2-17(10-20(19)26-14)22(30)24-11-15-12-29(13-15)21-5-4-18(27-28-21)16-6-8-23-9-7-16/h2-10,15H,11-13H2,1H3,(H,24,30)(H,25,26). The maximum Gasteiger partial charge on any atom is 0.251 e. The van der Waals surface area contributed by atoms with E-state index in [-0.39, 0.29) is 5.91 Å². The van der Waals surface area contributed by atoms with E-state index < -0.39 is 0 Å². The molecular weight excluding hydrogens is 378 g/mol. The number of nitrogens with zero attached hydrogens (tertiary/aromatic N) is 5. The Kier molecular flexibility index (Phi) is 4.59. The van der Waals surface area contributed by atoms with E-state index in [0.29, 0.717) is 18.0 Å². The summed E-state index contributed by atoms with van der Waals surface area (Å²) in [4.78, 5) is 26.2. The Hall–Kier alpha value is -3.81. The van der Waals surface area contributed by atoms with Crippen LogP contribution in [-0.2, 0) is 0 Å². The van der Waals surface area contributed by atoms with Crippen molar-refractivity contribution < 1.29 is 4.79 Å². The average Bonchev–Trinajstić information content (AvgIpc) is 3.12. The number of amides is 1. The average molecular weight is 399 g/mol. The topological polar surface area (TPSA) is 99.7 Å². The number of benzene rings is 1. The van der Waals surface area contributed by atoms with Gasteiger partial charge in [-0.3, -0.25) is 9.78 Å². The Morgan fingerprint density at radius 1 is 1.13 bits per heavy atom. The second kappa shape index (κ2) is 7.55. The zero-order valence-electron chi connectivity index (χ0n) is 16.5. The molecule has 4 aromatic rings. The minimum Gasteiger partial charge on any atom is -0.354 e. The van der Waals surface area contributed by atoms with Crippen molar-refractivity contribution in [3.8, 4) is 11.3 Å². The number of anilines is 1. The highest BCUT2D eigenvalue weighted by Gasteiger charge is 2.28. The molecule has 8 nitrogen and oxygen atoms in total. The van der Waals surface area contributed by atoms with Crippen molar-refractivity contribution in [1.82, 2.24) is 30.5 Å². The zero-order chi connectivity index (χ0) is 20.5. The fourth-order valence-electron chi connectivity index (χ4n) is 3.67. The normalized spacial score (nSPS) is 14.0. The van der Waals surface area contributed by atoms with Crippen LogP contribution in [0.3, 0.4) is 0 Å². The number of H-pyrrole nitrogens is 1. The van der Waals surface area contributed by atoms with Crippen LogP contribution in [0.15, 0.2) is 54.9 Å². The minimum absolute atomic E-state index is 0.0656. The highest BCUT2D eigenvalue weighted by Crippen LogP contribution is 2.24. The molecule has 0 bridgehead atoms. The van der Waals surface area contributed by atoms with Crippen molar-refractivity contribution in [3.05, 3.63) is 66.2 Å². The number of aromatic nitrogens is 5. The van der Waals surface area contributed by atoms with Gasteiger partial charge in [-0.15, -0.1) is 10.2 Å². The Bertz CT molecular complexity index is 1180. The van der Waals surface area contributed by atoms with Crippen molar-refractivity contribution in [3.63, 3.8) is 0 Å². The summed E-state index contributed by atoms with van der Waals surface area (Å²) in [5.74, 6) is 2.03. The first-order chi connectivity index (χ1) is 14.7. The first-order valence-electron chi connectivity index (χ1n) is 9.89. The van der Waals surface area contributed by atoms with E-state index in [1.165, 1.54) is 0 Å². The fraction of sp³-hybridized carbons (Fsp3) is 0.227. The lowest BCUT2D eigenvalue weighted by Crippen LogP contribution is -2.51. The molecule has 5 rings (SSSR count). The maximum atomic E-state index is 12.5. The van der Waals surface area contributed by atoms with Crippen molar-refractivity contribution >= 4 is 22.8 Å². The molecule has 0 spiro atoms. The van der Waals surface area contributed by atoms with E-state index in [1.54, 1.807) is 12.4 Å². The summed E-state index contributed by atoms with van der Waals surface area (Å²) in [6.45, 7) is 4.24. The highest BCUT2D eigenvalue weighted by molar-refractivity contribution is 5.97. The van der Waals surface area contributed by atoms with Crippen LogP contribution in [0.1, 0.15) is 16.2 Å². The van der Waals surface area contributed by atoms with Gasteiger partial charge in [-0.05, 0) is 49.4 Å². The summed E-state index contributed by atoms with van der Waals surface area (Å²) < 4.78 is 0. The first-order valence-corrected chi connectivity index (χ1v) is 9.89. The fourth-order valence-corrected chi connectivity index (χ4v) is 3.67. The number of aromatic amines is 1. The van der Waals surface area contributed by atoms with Gasteiger partial charge in [-0.25, -0.2) is 4.98 Å². The number of aryl methyl sites for hydroxylation is 1. The van der Waals surface area contributed by atoms with Crippen molar-refractivity contribution in [1.29, 1.82) is 0 Å². The molecule has 1 aliphatic rings. The maximum absolute atomic E-state index is 12.5. The molecule has 0 radical (unpaired) electrons. The molecule has 4 heterocycles. The van der Waals surface area contributed by atoms with Crippen molar-refractivity contribution in [2.24, 2.45) is 5.92 Å². The first kappa shape index (κ1) is 18.2. The third kappa shape index (κ3) is 3.59. The number of carbonyl (C=O) groups is 1. The van der Waals surface area contributed by atoms with Gasteiger partial charge in [-0.2, -0.15) is 0 Å². The number of nitrogens with one attached hydrogen (secondary N) is 2. The number of carbonyl (C=O) groups excluding carboxylic acids is 1. The smallest absolute Gasteiger partial charge is 0.251 e. The van der Waals surface area contributed by atoms with E-state index in [0.717, 1.165) is 47.0 Å². The van der Waals surface area contributed by atoms with Crippen LogP contribution >= 0.6 is 0 Å². The molecule has 0 atom stereocenters. The Morgan fingerprint density at radius 2 is 1.97 bits per heavy atom. The number of hydrogen-bond acceptors (Lipinski definition) is 6. The summed E-state index contributed by atoms with van der Waals surface area (Å²) in [5, 5.41) is 11.7. The molecule has 0 aliphatic carbocycles. The predicted octanol–water partition coefficient (Wildman–Crippen LogP) is 2.59. The van der Waals surface area contributed by atoms with Crippen LogP contribution in [0.25, 0.3) is 22.3 Å². The number of hydrogen-bond donors (Lipinski definition) is 2. The van der Waals surface area contributed by atoms with Gasteiger partial charge < -0.3 is 15.2 Å². The molecule has 8 heteroatoms. The van der Waals surface area contributed by atoms with E-state index in [9.17, 15) is 4.79 Å². The lowest BCUT2D eigenvalue weighted by atomic mass is 10.00. The third-order valence-electron chi connectivity index (χ3n) is 5.32. The number of pyridine rings is 1. The summed E-state index contributed by atoms with van der Waals surface area (Å²) in [5.41, 5.74) is 4.21. The molecule has 150 valence electrons. The Morgan fingerprint density at radius 3 is 2.73 bits per heavy atom. The van der Waals surface area contributed by atoms with Gasteiger partial charge in [0, 0.05) is 49.1 Å². The molecule has 1 aromatic carbocycles. The molecule has 0 unspecified atom stereocenters. The predicted molar refractivity (Wildman–Crippen MR) is 114 cm³/mol.